The van der Waals surface area contributed by atoms with Gasteiger partial charge in [0, 0.05) is 25.6 Å². The quantitative estimate of drug-likeness (QED) is 0.513. The fourth-order valence-electron chi connectivity index (χ4n) is 2.59. The summed E-state index contributed by atoms with van der Waals surface area (Å²) in [7, 11) is 0. The number of benzene rings is 2. The van der Waals surface area contributed by atoms with Crippen LogP contribution in [0.4, 0.5) is 0 Å². The van der Waals surface area contributed by atoms with Crippen LogP contribution in [0.2, 0.25) is 0 Å². The van der Waals surface area contributed by atoms with Gasteiger partial charge in [-0.3, -0.25) is 4.90 Å². The third-order valence-corrected chi connectivity index (χ3v) is 3.65. The first kappa shape index (κ1) is 16.2. The topological polar surface area (TPSA) is 20.3 Å². The number of carbonyl (C=O) groups excluding carboxylic acids is 1. The average Bonchev–Trinajstić information content (AvgIpc) is 2.56. The molecule has 0 aliphatic rings. The van der Waals surface area contributed by atoms with Crippen molar-refractivity contribution in [3.05, 3.63) is 84.4 Å². The monoisotopic (exact) mass is 293 g/mol. The molecule has 0 spiro atoms. The molecule has 0 N–H and O–H groups in total. The number of hydrogen-bond donors (Lipinski definition) is 0. The van der Waals surface area contributed by atoms with Gasteiger partial charge in [-0.2, -0.15) is 0 Å². The van der Waals surface area contributed by atoms with Gasteiger partial charge in [0.15, 0.2) is 0 Å². The lowest BCUT2D eigenvalue weighted by Crippen LogP contribution is -2.29. The normalized spacial score (nSPS) is 12.0. The van der Waals surface area contributed by atoms with Crippen LogP contribution in [0.3, 0.4) is 0 Å². The van der Waals surface area contributed by atoms with E-state index in [2.05, 4.69) is 60.0 Å². The largest absolute Gasteiger partial charge is 0.303 e. The zero-order chi connectivity index (χ0) is 15.6. The smallest absolute Gasteiger partial charge is 0.124 e. The number of aldehydes is 1. The second-order valence-corrected chi connectivity index (χ2v) is 5.56. The van der Waals surface area contributed by atoms with Gasteiger partial charge >= 0.3 is 0 Å². The second kappa shape index (κ2) is 8.96. The third kappa shape index (κ3) is 5.30. The van der Waals surface area contributed by atoms with E-state index in [0.717, 1.165) is 32.3 Å². The number of allylic oxidation sites excluding steroid dienone is 1. The highest BCUT2D eigenvalue weighted by atomic mass is 16.1. The summed E-state index contributed by atoms with van der Waals surface area (Å²) < 4.78 is 0. The van der Waals surface area contributed by atoms with Crippen LogP contribution in [0.25, 0.3) is 0 Å². The van der Waals surface area contributed by atoms with Gasteiger partial charge < -0.3 is 4.79 Å². The zero-order valence-electron chi connectivity index (χ0n) is 12.9. The first-order valence-corrected chi connectivity index (χ1v) is 7.68. The Morgan fingerprint density at radius 2 is 1.41 bits per heavy atom. The standard InChI is InChI=1S/C20H23NO/c1-2-9-20(17-22)16-21(14-18-10-5-3-6-11-18)15-19-12-7-4-8-13-19/h2-8,10-13,17,20H,1,9,14-16H2/t20-/m1/s1. The SMILES string of the molecule is C=CC[C@@H](C=O)CN(Cc1ccccc1)Cc1ccccc1. The fraction of sp³-hybridized carbons (Fsp3) is 0.250. The van der Waals surface area contributed by atoms with Crippen molar-refractivity contribution in [3.8, 4) is 0 Å². The molecule has 2 aromatic carbocycles. The van der Waals surface area contributed by atoms with Crippen LogP contribution in [0, 0.1) is 5.92 Å². The molecule has 2 nitrogen and oxygen atoms in total. The van der Waals surface area contributed by atoms with Crippen molar-refractivity contribution >= 4 is 6.29 Å². The van der Waals surface area contributed by atoms with Crippen molar-refractivity contribution in [1.29, 1.82) is 0 Å². The molecular formula is C20H23NO. The molecule has 2 heteroatoms. The molecule has 22 heavy (non-hydrogen) atoms. The highest BCUT2D eigenvalue weighted by Gasteiger charge is 2.13. The van der Waals surface area contributed by atoms with E-state index in [4.69, 9.17) is 0 Å². The minimum Gasteiger partial charge on any atom is -0.303 e. The maximum atomic E-state index is 11.3. The van der Waals surface area contributed by atoms with E-state index in [1.165, 1.54) is 11.1 Å². The van der Waals surface area contributed by atoms with E-state index in [1.54, 1.807) is 0 Å². The minimum atomic E-state index is 0.00456. The van der Waals surface area contributed by atoms with Gasteiger partial charge in [0.2, 0.25) is 0 Å². The van der Waals surface area contributed by atoms with Crippen LogP contribution in [0.15, 0.2) is 73.3 Å². The van der Waals surface area contributed by atoms with Gasteiger partial charge in [-0.05, 0) is 17.5 Å². The van der Waals surface area contributed by atoms with Crippen LogP contribution in [-0.2, 0) is 17.9 Å². The average molecular weight is 293 g/mol. The van der Waals surface area contributed by atoms with Crippen molar-refractivity contribution in [3.63, 3.8) is 0 Å². The maximum Gasteiger partial charge on any atom is 0.124 e. The van der Waals surface area contributed by atoms with Gasteiger partial charge in [-0.15, -0.1) is 6.58 Å². The highest BCUT2D eigenvalue weighted by Crippen LogP contribution is 2.13. The Morgan fingerprint density at radius 3 is 1.82 bits per heavy atom. The molecule has 2 rings (SSSR count). The van der Waals surface area contributed by atoms with E-state index in [1.807, 2.05) is 18.2 Å². The molecule has 0 unspecified atom stereocenters. The Kier molecular flexibility index (Phi) is 6.59. The maximum absolute atomic E-state index is 11.3. The Labute approximate surface area is 133 Å². The van der Waals surface area contributed by atoms with Gasteiger partial charge in [0.1, 0.15) is 6.29 Å². The van der Waals surface area contributed by atoms with Crippen molar-refractivity contribution in [2.24, 2.45) is 5.92 Å². The molecule has 0 heterocycles. The lowest BCUT2D eigenvalue weighted by molar-refractivity contribution is -0.111. The molecule has 0 aliphatic carbocycles. The first-order valence-electron chi connectivity index (χ1n) is 7.68. The number of nitrogens with zero attached hydrogens (tertiary/aromatic N) is 1. The first-order chi connectivity index (χ1) is 10.8. The van der Waals surface area contributed by atoms with E-state index in [-0.39, 0.29) is 5.92 Å². The fourth-order valence-corrected chi connectivity index (χ4v) is 2.59. The van der Waals surface area contributed by atoms with Gasteiger partial charge in [0.05, 0.1) is 0 Å². The summed E-state index contributed by atoms with van der Waals surface area (Å²) >= 11 is 0. The van der Waals surface area contributed by atoms with Crippen LogP contribution < -0.4 is 0 Å². The highest BCUT2D eigenvalue weighted by molar-refractivity contribution is 5.54. The van der Waals surface area contributed by atoms with Crippen molar-refractivity contribution in [2.45, 2.75) is 19.5 Å². The molecule has 2 aromatic rings. The molecular weight excluding hydrogens is 270 g/mol. The van der Waals surface area contributed by atoms with Gasteiger partial charge in [-0.1, -0.05) is 66.7 Å². The molecule has 1 atom stereocenters. The number of hydrogen-bond acceptors (Lipinski definition) is 2. The molecule has 0 saturated carbocycles. The molecule has 0 saturated heterocycles. The third-order valence-electron chi connectivity index (χ3n) is 3.65. The van der Waals surface area contributed by atoms with Gasteiger partial charge in [0.25, 0.3) is 0 Å². The Morgan fingerprint density at radius 1 is 0.909 bits per heavy atom. The van der Waals surface area contributed by atoms with Crippen LogP contribution in [-0.4, -0.2) is 17.7 Å². The van der Waals surface area contributed by atoms with E-state index < -0.39 is 0 Å². The van der Waals surface area contributed by atoms with Crippen LogP contribution >= 0.6 is 0 Å². The molecule has 0 amide bonds. The molecule has 0 bridgehead atoms. The summed E-state index contributed by atoms with van der Waals surface area (Å²) in [6.45, 7) is 6.18. The van der Waals surface area contributed by atoms with Crippen LogP contribution in [0.5, 0.6) is 0 Å². The predicted octanol–water partition coefficient (Wildman–Crippen LogP) is 4.08. The summed E-state index contributed by atoms with van der Waals surface area (Å²) in [5.41, 5.74) is 2.53. The summed E-state index contributed by atoms with van der Waals surface area (Å²) in [5.74, 6) is 0.00456. The lowest BCUT2D eigenvalue weighted by atomic mass is 10.1. The molecule has 0 fully saturated rings. The second-order valence-electron chi connectivity index (χ2n) is 5.56. The van der Waals surface area contributed by atoms with Crippen molar-refractivity contribution in [1.82, 2.24) is 4.90 Å². The van der Waals surface area contributed by atoms with Crippen molar-refractivity contribution in [2.75, 3.05) is 6.54 Å². The summed E-state index contributed by atoms with van der Waals surface area (Å²) in [5, 5.41) is 0. The van der Waals surface area contributed by atoms with E-state index >= 15 is 0 Å². The van der Waals surface area contributed by atoms with E-state index in [9.17, 15) is 4.79 Å². The molecule has 0 aromatic heterocycles. The van der Waals surface area contributed by atoms with E-state index in [0.29, 0.717) is 0 Å². The number of carbonyl (C=O) groups is 1. The van der Waals surface area contributed by atoms with Gasteiger partial charge in [-0.25, -0.2) is 0 Å². The van der Waals surface area contributed by atoms with Crippen molar-refractivity contribution < 1.29 is 4.79 Å². The summed E-state index contributed by atoms with van der Waals surface area (Å²) in [6, 6.07) is 20.8. The summed E-state index contributed by atoms with van der Waals surface area (Å²) in [6.07, 6.45) is 3.59. The Balaban J connectivity index is 2.08. The molecule has 114 valence electrons. The van der Waals surface area contributed by atoms with Crippen LogP contribution in [0.1, 0.15) is 17.5 Å². The zero-order valence-corrected chi connectivity index (χ0v) is 12.9. The Hall–Kier alpha value is -2.19. The lowest BCUT2D eigenvalue weighted by Gasteiger charge is -2.25. The Bertz CT molecular complexity index is 523. The predicted molar refractivity (Wildman–Crippen MR) is 91.4 cm³/mol. The molecule has 0 radical (unpaired) electrons. The summed E-state index contributed by atoms with van der Waals surface area (Å²) in [4.78, 5) is 13.6. The number of rotatable bonds is 9. The minimum absolute atomic E-state index is 0.00456. The molecule has 0 aliphatic heterocycles.